The molecule has 0 aliphatic carbocycles. The lowest BCUT2D eigenvalue weighted by molar-refractivity contribution is -0.138. The molecule has 13 heavy (non-hydrogen) atoms. The Labute approximate surface area is 74.9 Å². The fourth-order valence-electron chi connectivity index (χ4n) is 1.30. The van der Waals surface area contributed by atoms with Crippen LogP contribution in [0.5, 0.6) is 0 Å². The number of nitrogens with zero attached hydrogens (tertiary/aromatic N) is 2. The lowest BCUT2D eigenvalue weighted by atomic mass is 10.0. The minimum atomic E-state index is -0.918. The number of fused-ring (bicyclic) bond motifs is 1. The topological polar surface area (TPSA) is 62.0 Å². The smallest absolute Gasteiger partial charge is 0.330 e. The number of aliphatic carboxylic acids is 1. The second kappa shape index (κ2) is 2.97. The second-order valence-electron chi connectivity index (χ2n) is 2.90. The van der Waals surface area contributed by atoms with Crippen LogP contribution in [0.25, 0.3) is 0 Å². The molecule has 2 rings (SSSR count). The van der Waals surface area contributed by atoms with Crippen molar-refractivity contribution >= 4 is 11.7 Å². The van der Waals surface area contributed by atoms with Gasteiger partial charge in [-0.25, -0.2) is 4.79 Å². The van der Waals surface area contributed by atoms with Crippen molar-refractivity contribution in [1.82, 2.24) is 0 Å². The molecule has 1 aliphatic rings. The average Bonchev–Trinajstić information content (AvgIpc) is 2.17. The van der Waals surface area contributed by atoms with Gasteiger partial charge in [-0.2, -0.15) is 10.2 Å². The van der Waals surface area contributed by atoms with Crippen molar-refractivity contribution in [3.05, 3.63) is 29.8 Å². The van der Waals surface area contributed by atoms with Crippen molar-refractivity contribution in [3.63, 3.8) is 0 Å². The quantitative estimate of drug-likeness (QED) is 0.708. The molecule has 0 spiro atoms. The first-order chi connectivity index (χ1) is 6.27. The minimum Gasteiger partial charge on any atom is -0.480 e. The fraction of sp³-hybridized carbons (Fsp3) is 0.222. The third-order valence-corrected chi connectivity index (χ3v) is 1.99. The molecule has 1 aromatic carbocycles. The number of benzene rings is 1. The Kier molecular flexibility index (Phi) is 1.81. The molecule has 1 aromatic rings. The Bertz CT molecular complexity index is 374. The van der Waals surface area contributed by atoms with Gasteiger partial charge in [-0.3, -0.25) is 0 Å². The van der Waals surface area contributed by atoms with E-state index in [1.807, 2.05) is 24.3 Å². The van der Waals surface area contributed by atoms with E-state index in [0.29, 0.717) is 6.42 Å². The summed E-state index contributed by atoms with van der Waals surface area (Å²) < 4.78 is 0. The van der Waals surface area contributed by atoms with Crippen molar-refractivity contribution in [2.45, 2.75) is 12.5 Å². The van der Waals surface area contributed by atoms with Crippen molar-refractivity contribution < 1.29 is 9.90 Å². The maximum atomic E-state index is 10.6. The van der Waals surface area contributed by atoms with Crippen LogP contribution in [0, 0.1) is 0 Å². The van der Waals surface area contributed by atoms with Gasteiger partial charge in [-0.15, -0.1) is 0 Å². The highest BCUT2D eigenvalue weighted by Gasteiger charge is 2.21. The van der Waals surface area contributed by atoms with Gasteiger partial charge in [-0.05, 0) is 11.6 Å². The molecule has 1 atom stereocenters. The van der Waals surface area contributed by atoms with Gasteiger partial charge in [0.05, 0.1) is 5.69 Å². The minimum absolute atomic E-state index is 0.439. The molecule has 0 saturated carbocycles. The highest BCUT2D eigenvalue weighted by Crippen LogP contribution is 2.25. The fourth-order valence-corrected chi connectivity index (χ4v) is 1.30. The zero-order valence-electron chi connectivity index (χ0n) is 6.84. The summed E-state index contributed by atoms with van der Waals surface area (Å²) in [5.41, 5.74) is 1.73. The van der Waals surface area contributed by atoms with E-state index in [1.54, 1.807) is 0 Å². The molecule has 1 unspecified atom stereocenters. The predicted molar refractivity (Wildman–Crippen MR) is 46.1 cm³/mol. The van der Waals surface area contributed by atoms with Crippen LogP contribution in [0.2, 0.25) is 0 Å². The summed E-state index contributed by atoms with van der Waals surface area (Å²) in [5, 5.41) is 16.2. The van der Waals surface area contributed by atoms with Gasteiger partial charge in [0.1, 0.15) is 0 Å². The molecule has 66 valence electrons. The van der Waals surface area contributed by atoms with Gasteiger partial charge in [0, 0.05) is 6.42 Å². The van der Waals surface area contributed by atoms with Crippen LogP contribution in [0.3, 0.4) is 0 Å². The Morgan fingerprint density at radius 1 is 1.46 bits per heavy atom. The maximum Gasteiger partial charge on any atom is 0.330 e. The molecule has 1 N–H and O–H groups in total. The van der Waals surface area contributed by atoms with Gasteiger partial charge < -0.3 is 5.11 Å². The molecule has 0 radical (unpaired) electrons. The first-order valence-corrected chi connectivity index (χ1v) is 3.99. The van der Waals surface area contributed by atoms with E-state index in [2.05, 4.69) is 10.2 Å². The summed E-state index contributed by atoms with van der Waals surface area (Å²) in [5.74, 6) is -0.918. The van der Waals surface area contributed by atoms with Crippen LogP contribution in [0.15, 0.2) is 34.5 Å². The van der Waals surface area contributed by atoms with Crippen LogP contribution < -0.4 is 0 Å². The van der Waals surface area contributed by atoms with Crippen LogP contribution in [-0.4, -0.2) is 17.1 Å². The van der Waals surface area contributed by atoms with Gasteiger partial charge >= 0.3 is 5.97 Å². The van der Waals surface area contributed by atoms with E-state index in [0.717, 1.165) is 11.3 Å². The first-order valence-electron chi connectivity index (χ1n) is 3.99. The first kappa shape index (κ1) is 7.91. The van der Waals surface area contributed by atoms with Crippen molar-refractivity contribution in [2.75, 3.05) is 0 Å². The summed E-state index contributed by atoms with van der Waals surface area (Å²) in [7, 11) is 0. The molecule has 0 saturated heterocycles. The standard InChI is InChI=1S/C9H8N2O2/c12-9(13)8-5-6-3-1-2-4-7(6)10-11-8/h1-4,8H,5H2,(H,12,13). The molecular weight excluding hydrogens is 168 g/mol. The van der Waals surface area contributed by atoms with Crippen molar-refractivity contribution in [3.8, 4) is 0 Å². The molecule has 4 nitrogen and oxygen atoms in total. The van der Waals surface area contributed by atoms with Crippen LogP contribution >= 0.6 is 0 Å². The summed E-state index contributed by atoms with van der Waals surface area (Å²) >= 11 is 0. The zero-order valence-corrected chi connectivity index (χ0v) is 6.84. The van der Waals surface area contributed by atoms with E-state index in [-0.39, 0.29) is 0 Å². The van der Waals surface area contributed by atoms with Crippen molar-refractivity contribution in [2.24, 2.45) is 10.2 Å². The van der Waals surface area contributed by atoms with Crippen molar-refractivity contribution in [1.29, 1.82) is 0 Å². The number of hydrogen-bond donors (Lipinski definition) is 1. The third-order valence-electron chi connectivity index (χ3n) is 1.99. The Balaban J connectivity index is 2.34. The van der Waals surface area contributed by atoms with E-state index in [4.69, 9.17) is 5.11 Å². The molecule has 1 aliphatic heterocycles. The summed E-state index contributed by atoms with van der Waals surface area (Å²) in [6, 6.07) is 6.73. The summed E-state index contributed by atoms with van der Waals surface area (Å²) in [6.07, 6.45) is 0.439. The Hall–Kier alpha value is -1.71. The highest BCUT2D eigenvalue weighted by molar-refractivity contribution is 5.75. The van der Waals surface area contributed by atoms with E-state index in [9.17, 15) is 4.79 Å². The number of carboxylic acid groups (broad SMARTS) is 1. The molecule has 0 amide bonds. The number of carbonyl (C=O) groups is 1. The molecule has 1 heterocycles. The van der Waals surface area contributed by atoms with E-state index >= 15 is 0 Å². The van der Waals surface area contributed by atoms with E-state index < -0.39 is 12.0 Å². The number of azo groups is 1. The molecule has 0 fully saturated rings. The monoisotopic (exact) mass is 176 g/mol. The second-order valence-corrected chi connectivity index (χ2v) is 2.90. The SMILES string of the molecule is O=C(O)C1Cc2ccccc2N=N1. The molecule has 4 heteroatoms. The highest BCUT2D eigenvalue weighted by atomic mass is 16.4. The van der Waals surface area contributed by atoms with Crippen LogP contribution in [-0.2, 0) is 11.2 Å². The number of hydrogen-bond acceptors (Lipinski definition) is 3. The van der Waals surface area contributed by atoms with Gasteiger partial charge in [0.25, 0.3) is 0 Å². The number of rotatable bonds is 1. The largest absolute Gasteiger partial charge is 0.480 e. The Morgan fingerprint density at radius 2 is 2.23 bits per heavy atom. The van der Waals surface area contributed by atoms with Gasteiger partial charge in [0.15, 0.2) is 6.04 Å². The maximum absolute atomic E-state index is 10.6. The molecule has 0 bridgehead atoms. The lowest BCUT2D eigenvalue weighted by Crippen LogP contribution is -2.21. The zero-order chi connectivity index (χ0) is 9.26. The average molecular weight is 176 g/mol. The van der Waals surface area contributed by atoms with Gasteiger partial charge in [-0.1, -0.05) is 18.2 Å². The summed E-state index contributed by atoms with van der Waals surface area (Å²) in [4.78, 5) is 10.6. The lowest BCUT2D eigenvalue weighted by Gasteiger charge is -2.12. The normalized spacial score (nSPS) is 19.5. The Morgan fingerprint density at radius 3 is 3.00 bits per heavy atom. The van der Waals surface area contributed by atoms with Gasteiger partial charge in [0.2, 0.25) is 0 Å². The molecule has 0 aromatic heterocycles. The van der Waals surface area contributed by atoms with Crippen LogP contribution in [0.1, 0.15) is 5.56 Å². The summed E-state index contributed by atoms with van der Waals surface area (Å²) in [6.45, 7) is 0. The predicted octanol–water partition coefficient (Wildman–Crippen LogP) is 1.78. The third kappa shape index (κ3) is 1.42. The number of carboxylic acids is 1. The van der Waals surface area contributed by atoms with Crippen LogP contribution in [0.4, 0.5) is 5.69 Å². The molecular formula is C9H8N2O2. The van der Waals surface area contributed by atoms with E-state index in [1.165, 1.54) is 0 Å².